The molecule has 0 fully saturated rings. The number of hydrogen-bond donors (Lipinski definition) is 2. The number of aryl methyl sites for hydroxylation is 1. The van der Waals surface area contributed by atoms with Gasteiger partial charge in [-0.2, -0.15) is 5.10 Å². The highest BCUT2D eigenvalue weighted by atomic mass is 16.3. The molecule has 0 radical (unpaired) electrons. The molecule has 0 amide bonds. The summed E-state index contributed by atoms with van der Waals surface area (Å²) in [6, 6.07) is 2.38. The standard InChI is InChI=1S/C12H21N3O/c1-4-5-6-10(2)13-12-9-11(3)14-15(12)7-8-16/h4,9-10,13,16H,1,5-8H2,2-3H3. The van der Waals surface area contributed by atoms with Crippen LogP contribution in [-0.4, -0.2) is 27.5 Å². The van der Waals surface area contributed by atoms with Crippen molar-refractivity contribution in [1.29, 1.82) is 0 Å². The maximum atomic E-state index is 8.93. The van der Waals surface area contributed by atoms with Gasteiger partial charge in [0, 0.05) is 12.1 Å². The number of hydrogen-bond acceptors (Lipinski definition) is 3. The Hall–Kier alpha value is -1.29. The second-order valence-corrected chi connectivity index (χ2v) is 4.03. The predicted molar refractivity (Wildman–Crippen MR) is 66.6 cm³/mol. The van der Waals surface area contributed by atoms with Crippen molar-refractivity contribution >= 4 is 5.82 Å². The van der Waals surface area contributed by atoms with Gasteiger partial charge in [0.05, 0.1) is 18.8 Å². The van der Waals surface area contributed by atoms with Gasteiger partial charge in [-0.15, -0.1) is 6.58 Å². The minimum Gasteiger partial charge on any atom is -0.394 e. The average Bonchev–Trinajstić information content (AvgIpc) is 2.56. The summed E-state index contributed by atoms with van der Waals surface area (Å²) >= 11 is 0. The average molecular weight is 223 g/mol. The molecule has 0 aliphatic rings. The molecule has 4 nitrogen and oxygen atoms in total. The smallest absolute Gasteiger partial charge is 0.124 e. The van der Waals surface area contributed by atoms with E-state index in [-0.39, 0.29) is 6.61 Å². The second kappa shape index (κ2) is 6.33. The summed E-state index contributed by atoms with van der Waals surface area (Å²) in [5, 5.41) is 16.6. The van der Waals surface area contributed by atoms with E-state index in [0.29, 0.717) is 12.6 Å². The quantitative estimate of drug-likeness (QED) is 0.695. The third-order valence-electron chi connectivity index (χ3n) is 2.41. The van der Waals surface area contributed by atoms with Crippen LogP contribution in [-0.2, 0) is 6.54 Å². The SMILES string of the molecule is C=CCCC(C)Nc1cc(C)nn1CCO. The number of aliphatic hydroxyl groups excluding tert-OH is 1. The molecule has 1 heterocycles. The maximum Gasteiger partial charge on any atom is 0.124 e. The van der Waals surface area contributed by atoms with Gasteiger partial charge in [0.25, 0.3) is 0 Å². The summed E-state index contributed by atoms with van der Waals surface area (Å²) in [4.78, 5) is 0. The summed E-state index contributed by atoms with van der Waals surface area (Å²) in [5.74, 6) is 0.975. The number of rotatable bonds is 7. The van der Waals surface area contributed by atoms with Gasteiger partial charge in [-0.3, -0.25) is 0 Å². The van der Waals surface area contributed by atoms with Crippen LogP contribution in [0.2, 0.25) is 0 Å². The zero-order valence-electron chi connectivity index (χ0n) is 10.1. The molecule has 0 aliphatic carbocycles. The van der Waals surface area contributed by atoms with E-state index in [9.17, 15) is 0 Å². The third kappa shape index (κ3) is 3.70. The molecule has 0 spiro atoms. The Balaban J connectivity index is 2.60. The molecule has 1 aromatic heterocycles. The van der Waals surface area contributed by atoms with E-state index in [1.54, 1.807) is 4.68 Å². The third-order valence-corrected chi connectivity index (χ3v) is 2.41. The highest BCUT2D eigenvalue weighted by molar-refractivity contribution is 5.37. The monoisotopic (exact) mass is 223 g/mol. The van der Waals surface area contributed by atoms with Crippen LogP contribution in [0.3, 0.4) is 0 Å². The number of aliphatic hydroxyl groups is 1. The minimum atomic E-state index is 0.108. The Morgan fingerprint density at radius 2 is 2.44 bits per heavy atom. The van der Waals surface area contributed by atoms with Gasteiger partial charge in [0.2, 0.25) is 0 Å². The predicted octanol–water partition coefficient (Wildman–Crippen LogP) is 1.95. The van der Waals surface area contributed by atoms with Gasteiger partial charge < -0.3 is 10.4 Å². The first-order chi connectivity index (χ1) is 7.67. The number of nitrogens with zero attached hydrogens (tertiary/aromatic N) is 2. The van der Waals surface area contributed by atoms with E-state index in [2.05, 4.69) is 23.9 Å². The van der Waals surface area contributed by atoms with E-state index >= 15 is 0 Å². The van der Waals surface area contributed by atoms with Crippen molar-refractivity contribution in [2.45, 2.75) is 39.3 Å². The highest BCUT2D eigenvalue weighted by Crippen LogP contribution is 2.13. The Morgan fingerprint density at radius 3 is 3.06 bits per heavy atom. The molecule has 0 aliphatic heterocycles. The van der Waals surface area contributed by atoms with Gasteiger partial charge in [0.1, 0.15) is 5.82 Å². The largest absolute Gasteiger partial charge is 0.394 e. The van der Waals surface area contributed by atoms with Crippen LogP contribution < -0.4 is 5.32 Å². The molecule has 1 aromatic rings. The van der Waals surface area contributed by atoms with Crippen molar-refractivity contribution in [1.82, 2.24) is 9.78 Å². The first-order valence-electron chi connectivity index (χ1n) is 5.70. The summed E-state index contributed by atoms with van der Waals surface area (Å²) in [7, 11) is 0. The lowest BCUT2D eigenvalue weighted by Gasteiger charge is -2.15. The van der Waals surface area contributed by atoms with Crippen LogP contribution in [0.15, 0.2) is 18.7 Å². The number of anilines is 1. The lowest BCUT2D eigenvalue weighted by molar-refractivity contribution is 0.270. The molecule has 2 N–H and O–H groups in total. The second-order valence-electron chi connectivity index (χ2n) is 4.03. The number of allylic oxidation sites excluding steroid dienone is 1. The Kier molecular flexibility index (Phi) is 5.05. The first kappa shape index (κ1) is 12.8. The molecule has 4 heteroatoms. The number of aromatic nitrogens is 2. The van der Waals surface area contributed by atoms with Crippen molar-refractivity contribution in [2.75, 3.05) is 11.9 Å². The van der Waals surface area contributed by atoms with E-state index < -0.39 is 0 Å². The zero-order valence-corrected chi connectivity index (χ0v) is 10.1. The molecule has 0 aromatic carbocycles. The van der Waals surface area contributed by atoms with Crippen molar-refractivity contribution in [3.63, 3.8) is 0 Å². The lowest BCUT2D eigenvalue weighted by Crippen LogP contribution is -2.18. The van der Waals surface area contributed by atoms with Crippen LogP contribution in [0.5, 0.6) is 0 Å². The topological polar surface area (TPSA) is 50.1 Å². The zero-order chi connectivity index (χ0) is 12.0. The number of nitrogens with one attached hydrogen (secondary N) is 1. The van der Waals surface area contributed by atoms with E-state index in [1.807, 2.05) is 19.1 Å². The Bertz CT molecular complexity index is 333. The van der Waals surface area contributed by atoms with Crippen molar-refractivity contribution in [3.8, 4) is 0 Å². The normalized spacial score (nSPS) is 12.4. The fourth-order valence-electron chi connectivity index (χ4n) is 1.62. The Labute approximate surface area is 97.0 Å². The van der Waals surface area contributed by atoms with Crippen LogP contribution >= 0.6 is 0 Å². The fraction of sp³-hybridized carbons (Fsp3) is 0.583. The van der Waals surface area contributed by atoms with Crippen molar-refractivity contribution in [3.05, 3.63) is 24.4 Å². The van der Waals surface area contributed by atoms with Gasteiger partial charge >= 0.3 is 0 Å². The van der Waals surface area contributed by atoms with Crippen LogP contribution in [0.1, 0.15) is 25.5 Å². The van der Waals surface area contributed by atoms with E-state index in [0.717, 1.165) is 24.4 Å². The van der Waals surface area contributed by atoms with Gasteiger partial charge in [-0.1, -0.05) is 6.08 Å². The molecule has 90 valence electrons. The molecule has 1 atom stereocenters. The fourth-order valence-corrected chi connectivity index (χ4v) is 1.62. The van der Waals surface area contributed by atoms with E-state index in [1.165, 1.54) is 0 Å². The highest BCUT2D eigenvalue weighted by Gasteiger charge is 2.07. The first-order valence-corrected chi connectivity index (χ1v) is 5.70. The van der Waals surface area contributed by atoms with Crippen molar-refractivity contribution < 1.29 is 5.11 Å². The molecule has 0 saturated heterocycles. The molecule has 0 saturated carbocycles. The van der Waals surface area contributed by atoms with Crippen LogP contribution in [0.25, 0.3) is 0 Å². The van der Waals surface area contributed by atoms with Gasteiger partial charge in [-0.25, -0.2) is 4.68 Å². The molecule has 16 heavy (non-hydrogen) atoms. The van der Waals surface area contributed by atoms with Gasteiger partial charge in [-0.05, 0) is 26.7 Å². The lowest BCUT2D eigenvalue weighted by atomic mass is 10.2. The molecular formula is C12H21N3O. The van der Waals surface area contributed by atoms with E-state index in [4.69, 9.17) is 5.11 Å². The maximum absolute atomic E-state index is 8.93. The molecular weight excluding hydrogens is 202 g/mol. The van der Waals surface area contributed by atoms with Gasteiger partial charge in [0.15, 0.2) is 0 Å². The van der Waals surface area contributed by atoms with Crippen molar-refractivity contribution in [2.24, 2.45) is 0 Å². The van der Waals surface area contributed by atoms with Crippen LogP contribution in [0.4, 0.5) is 5.82 Å². The molecule has 1 rings (SSSR count). The van der Waals surface area contributed by atoms with Crippen LogP contribution in [0, 0.1) is 6.92 Å². The molecule has 0 bridgehead atoms. The summed E-state index contributed by atoms with van der Waals surface area (Å²) in [5.41, 5.74) is 0.965. The summed E-state index contributed by atoms with van der Waals surface area (Å²) in [6.45, 7) is 8.44. The molecule has 1 unspecified atom stereocenters. The minimum absolute atomic E-state index is 0.108. The Morgan fingerprint density at radius 1 is 1.69 bits per heavy atom. The summed E-state index contributed by atoms with van der Waals surface area (Å²) in [6.07, 6.45) is 3.97. The summed E-state index contributed by atoms with van der Waals surface area (Å²) < 4.78 is 1.81.